The Labute approximate surface area is 87.6 Å². The molecule has 0 aliphatic carbocycles. The standard InChI is InChI=1S/C12H22O2/c1-13-11-9-7-5-3-4-6-8-10-12-14-2/h5-8H,3-4,9-12H2,1-2H3. The van der Waals surface area contributed by atoms with Crippen LogP contribution in [0.4, 0.5) is 0 Å². The number of allylic oxidation sites excluding steroid dienone is 2. The van der Waals surface area contributed by atoms with E-state index in [-0.39, 0.29) is 0 Å². The van der Waals surface area contributed by atoms with Crippen molar-refractivity contribution >= 4 is 0 Å². The molecule has 0 fully saturated rings. The number of hydrogen-bond donors (Lipinski definition) is 0. The van der Waals surface area contributed by atoms with Gasteiger partial charge >= 0.3 is 0 Å². The van der Waals surface area contributed by atoms with Crippen LogP contribution < -0.4 is 0 Å². The molecule has 0 amide bonds. The van der Waals surface area contributed by atoms with Gasteiger partial charge in [0.05, 0.1) is 0 Å². The fourth-order valence-corrected chi connectivity index (χ4v) is 1.04. The Hall–Kier alpha value is -0.600. The van der Waals surface area contributed by atoms with Crippen molar-refractivity contribution in [1.82, 2.24) is 0 Å². The van der Waals surface area contributed by atoms with E-state index in [1.807, 2.05) is 0 Å². The molecule has 0 rings (SSSR count). The summed E-state index contributed by atoms with van der Waals surface area (Å²) >= 11 is 0. The monoisotopic (exact) mass is 198 g/mol. The van der Waals surface area contributed by atoms with Gasteiger partial charge in [0.15, 0.2) is 0 Å². The van der Waals surface area contributed by atoms with Crippen molar-refractivity contribution in [1.29, 1.82) is 0 Å². The van der Waals surface area contributed by atoms with Crippen LogP contribution in [0.5, 0.6) is 0 Å². The van der Waals surface area contributed by atoms with Crippen LogP contribution in [0.1, 0.15) is 25.7 Å². The zero-order chi connectivity index (χ0) is 10.5. The van der Waals surface area contributed by atoms with E-state index >= 15 is 0 Å². The summed E-state index contributed by atoms with van der Waals surface area (Å²) < 4.78 is 9.87. The molecule has 0 bridgehead atoms. The molecule has 0 heterocycles. The quantitative estimate of drug-likeness (QED) is 0.419. The summed E-state index contributed by atoms with van der Waals surface area (Å²) in [6, 6.07) is 0. The Morgan fingerprint density at radius 2 is 1.00 bits per heavy atom. The molecule has 0 saturated heterocycles. The first-order chi connectivity index (χ1) is 6.91. The molecule has 0 aliphatic heterocycles. The SMILES string of the molecule is COCCC=CCCC=CCCOC. The van der Waals surface area contributed by atoms with Gasteiger partial charge in [-0.05, 0) is 25.7 Å². The summed E-state index contributed by atoms with van der Waals surface area (Å²) in [6.07, 6.45) is 13.0. The molecule has 14 heavy (non-hydrogen) atoms. The highest BCUT2D eigenvalue weighted by molar-refractivity contribution is 4.87. The second kappa shape index (κ2) is 12.4. The molecule has 0 aromatic carbocycles. The maximum atomic E-state index is 4.93. The molecule has 0 aromatic rings. The maximum Gasteiger partial charge on any atom is 0.0496 e. The number of ether oxygens (including phenoxy) is 2. The number of rotatable bonds is 9. The van der Waals surface area contributed by atoms with Gasteiger partial charge < -0.3 is 9.47 Å². The second-order valence-corrected chi connectivity index (χ2v) is 3.08. The predicted molar refractivity (Wildman–Crippen MR) is 60.5 cm³/mol. The lowest BCUT2D eigenvalue weighted by Gasteiger charge is -1.92. The fourth-order valence-electron chi connectivity index (χ4n) is 1.04. The molecule has 0 N–H and O–H groups in total. The van der Waals surface area contributed by atoms with Gasteiger partial charge in [0, 0.05) is 27.4 Å². The van der Waals surface area contributed by atoms with Crippen LogP contribution in [0, 0.1) is 0 Å². The Kier molecular flexibility index (Phi) is 11.9. The lowest BCUT2D eigenvalue weighted by molar-refractivity contribution is 0.204. The van der Waals surface area contributed by atoms with Crippen molar-refractivity contribution in [2.45, 2.75) is 25.7 Å². The third-order valence-corrected chi connectivity index (χ3v) is 1.81. The van der Waals surface area contributed by atoms with Crippen molar-refractivity contribution in [2.75, 3.05) is 27.4 Å². The fraction of sp³-hybridized carbons (Fsp3) is 0.667. The first kappa shape index (κ1) is 13.4. The number of unbranched alkanes of at least 4 members (excludes halogenated alkanes) is 1. The van der Waals surface area contributed by atoms with E-state index in [4.69, 9.17) is 9.47 Å². The topological polar surface area (TPSA) is 18.5 Å². The first-order valence-electron chi connectivity index (χ1n) is 5.19. The lowest BCUT2D eigenvalue weighted by atomic mass is 10.2. The second-order valence-electron chi connectivity index (χ2n) is 3.08. The van der Waals surface area contributed by atoms with Gasteiger partial charge in [0.25, 0.3) is 0 Å². The summed E-state index contributed by atoms with van der Waals surface area (Å²) in [7, 11) is 3.46. The summed E-state index contributed by atoms with van der Waals surface area (Å²) in [5, 5.41) is 0. The highest BCUT2D eigenvalue weighted by Gasteiger charge is 1.80. The maximum absolute atomic E-state index is 4.93. The van der Waals surface area contributed by atoms with Crippen LogP contribution >= 0.6 is 0 Å². The molecule has 0 radical (unpaired) electrons. The van der Waals surface area contributed by atoms with Crippen molar-refractivity contribution < 1.29 is 9.47 Å². The average Bonchev–Trinajstić information content (AvgIpc) is 2.21. The van der Waals surface area contributed by atoms with Crippen molar-refractivity contribution in [3.63, 3.8) is 0 Å². The van der Waals surface area contributed by atoms with Gasteiger partial charge in [0.2, 0.25) is 0 Å². The van der Waals surface area contributed by atoms with Crippen LogP contribution in [0.15, 0.2) is 24.3 Å². The van der Waals surface area contributed by atoms with E-state index in [1.54, 1.807) is 14.2 Å². The van der Waals surface area contributed by atoms with Gasteiger partial charge in [-0.25, -0.2) is 0 Å². The zero-order valence-corrected chi connectivity index (χ0v) is 9.37. The average molecular weight is 198 g/mol. The minimum atomic E-state index is 0.820. The smallest absolute Gasteiger partial charge is 0.0496 e. The molecule has 2 heteroatoms. The molecule has 0 atom stereocenters. The van der Waals surface area contributed by atoms with Crippen LogP contribution in [-0.2, 0) is 9.47 Å². The van der Waals surface area contributed by atoms with Gasteiger partial charge in [-0.2, -0.15) is 0 Å². The molecule has 0 aliphatic rings. The van der Waals surface area contributed by atoms with Crippen LogP contribution in [0.3, 0.4) is 0 Å². The highest BCUT2D eigenvalue weighted by atomic mass is 16.5. The van der Waals surface area contributed by atoms with Crippen molar-refractivity contribution in [3.8, 4) is 0 Å². The largest absolute Gasteiger partial charge is 0.384 e. The third-order valence-electron chi connectivity index (χ3n) is 1.81. The highest BCUT2D eigenvalue weighted by Crippen LogP contribution is 1.96. The molecular weight excluding hydrogens is 176 g/mol. The van der Waals surface area contributed by atoms with E-state index in [1.165, 1.54) is 0 Å². The molecule has 0 unspecified atom stereocenters. The minimum absolute atomic E-state index is 0.820. The molecule has 2 nitrogen and oxygen atoms in total. The van der Waals surface area contributed by atoms with Crippen LogP contribution in [0.2, 0.25) is 0 Å². The van der Waals surface area contributed by atoms with Gasteiger partial charge in [0.1, 0.15) is 0 Å². The number of methoxy groups -OCH3 is 2. The van der Waals surface area contributed by atoms with E-state index in [2.05, 4.69) is 24.3 Å². The Morgan fingerprint density at radius 3 is 1.36 bits per heavy atom. The first-order valence-corrected chi connectivity index (χ1v) is 5.19. The number of hydrogen-bond acceptors (Lipinski definition) is 2. The van der Waals surface area contributed by atoms with Crippen LogP contribution in [-0.4, -0.2) is 27.4 Å². The van der Waals surface area contributed by atoms with Crippen molar-refractivity contribution in [3.05, 3.63) is 24.3 Å². The lowest BCUT2D eigenvalue weighted by Crippen LogP contribution is -1.84. The molecule has 0 saturated carbocycles. The molecule has 0 aromatic heterocycles. The van der Waals surface area contributed by atoms with Gasteiger partial charge in [-0.15, -0.1) is 0 Å². The Morgan fingerprint density at radius 1 is 0.643 bits per heavy atom. The summed E-state index contributed by atoms with van der Waals surface area (Å²) in [5.41, 5.74) is 0. The molecule has 82 valence electrons. The van der Waals surface area contributed by atoms with E-state index in [9.17, 15) is 0 Å². The molecular formula is C12H22O2. The summed E-state index contributed by atoms with van der Waals surface area (Å²) in [4.78, 5) is 0. The van der Waals surface area contributed by atoms with E-state index in [0.717, 1.165) is 38.9 Å². The van der Waals surface area contributed by atoms with E-state index < -0.39 is 0 Å². The van der Waals surface area contributed by atoms with Crippen LogP contribution in [0.25, 0.3) is 0 Å². The normalized spacial score (nSPS) is 11.9. The van der Waals surface area contributed by atoms with Gasteiger partial charge in [-0.1, -0.05) is 24.3 Å². The zero-order valence-electron chi connectivity index (χ0n) is 9.37. The van der Waals surface area contributed by atoms with E-state index in [0.29, 0.717) is 0 Å². The Balaban J connectivity index is 3.11. The summed E-state index contributed by atoms with van der Waals surface area (Å²) in [5.74, 6) is 0. The molecule has 0 spiro atoms. The third kappa shape index (κ3) is 11.4. The Bertz CT molecular complexity index is 132. The predicted octanol–water partition coefficient (Wildman–Crippen LogP) is 2.95. The van der Waals surface area contributed by atoms with Crippen molar-refractivity contribution in [2.24, 2.45) is 0 Å². The minimum Gasteiger partial charge on any atom is -0.384 e. The summed E-state index contributed by atoms with van der Waals surface area (Å²) in [6.45, 7) is 1.64. The van der Waals surface area contributed by atoms with Gasteiger partial charge in [-0.3, -0.25) is 0 Å².